The van der Waals surface area contributed by atoms with E-state index in [1.165, 1.54) is 18.4 Å². The lowest BCUT2D eigenvalue weighted by Crippen LogP contribution is -2.40. The zero-order valence-corrected chi connectivity index (χ0v) is 17.3. The number of halogens is 1. The van der Waals surface area contributed by atoms with Crippen LogP contribution in [0.1, 0.15) is 17.0 Å². The first-order chi connectivity index (χ1) is 13.9. The van der Waals surface area contributed by atoms with Crippen LogP contribution >= 0.6 is 22.9 Å². The number of thiazole rings is 1. The topological polar surface area (TPSA) is 91.8 Å². The van der Waals surface area contributed by atoms with Crippen molar-refractivity contribution in [3.05, 3.63) is 39.9 Å². The van der Waals surface area contributed by atoms with Crippen LogP contribution in [0, 0.1) is 5.92 Å². The first-order valence-corrected chi connectivity index (χ1v) is 10.3. The predicted octanol–water partition coefficient (Wildman–Crippen LogP) is 2.91. The lowest BCUT2D eigenvalue weighted by molar-refractivity contribution is -0.136. The Kier molecular flexibility index (Phi) is 5.42. The third-order valence-electron chi connectivity index (χ3n) is 5.05. The summed E-state index contributed by atoms with van der Waals surface area (Å²) in [5.74, 6) is -0.470. The Labute approximate surface area is 176 Å². The van der Waals surface area contributed by atoms with Crippen molar-refractivity contribution in [2.24, 2.45) is 5.92 Å². The number of methoxy groups -OCH3 is 1. The molecule has 0 saturated carbocycles. The molecule has 2 aliphatic heterocycles. The monoisotopic (exact) mass is 434 g/mol. The van der Waals surface area contributed by atoms with Crippen molar-refractivity contribution in [1.29, 1.82) is 0 Å². The lowest BCUT2D eigenvalue weighted by Gasteiger charge is -2.28. The molecule has 2 aromatic rings. The quantitative estimate of drug-likeness (QED) is 0.801. The molecule has 1 atom stereocenters. The van der Waals surface area contributed by atoms with Crippen LogP contribution in [0.15, 0.2) is 24.3 Å². The molecule has 152 valence electrons. The van der Waals surface area contributed by atoms with E-state index in [-0.39, 0.29) is 24.2 Å². The van der Waals surface area contributed by atoms with Gasteiger partial charge in [0.1, 0.15) is 0 Å². The van der Waals surface area contributed by atoms with E-state index in [4.69, 9.17) is 11.6 Å². The highest BCUT2D eigenvalue weighted by Gasteiger charge is 2.38. The number of hydrogen-bond donors (Lipinski definition) is 1. The number of aromatic nitrogens is 1. The third kappa shape index (κ3) is 4.06. The fraction of sp³-hybridized carbons (Fsp3) is 0.368. The minimum atomic E-state index is -0.573. The van der Waals surface area contributed by atoms with E-state index in [2.05, 4.69) is 15.0 Å². The first-order valence-electron chi connectivity index (χ1n) is 9.13. The normalized spacial score (nSPS) is 18.6. The van der Waals surface area contributed by atoms with Crippen molar-refractivity contribution >= 4 is 51.7 Å². The highest BCUT2D eigenvalue weighted by molar-refractivity contribution is 7.15. The van der Waals surface area contributed by atoms with Gasteiger partial charge in [0.05, 0.1) is 25.3 Å². The fourth-order valence-electron chi connectivity index (χ4n) is 3.58. The van der Waals surface area contributed by atoms with E-state index in [0.29, 0.717) is 36.2 Å². The number of anilines is 2. The molecule has 8 nitrogen and oxygen atoms in total. The standard InChI is InChI=1S/C19H19ClN4O4S/c1-28-19(27)22-18-21-14-6-7-23(10-15(14)29-18)17(26)11-8-16(25)24(9-11)13-4-2-12(20)3-5-13/h2-5,11H,6-10H2,1H3,(H,21,22,27). The SMILES string of the molecule is COC(=O)Nc1nc2c(s1)CN(C(=O)C1CC(=O)N(c3ccc(Cl)cc3)C1)CC2. The number of ether oxygens (including phenoxy) is 1. The summed E-state index contributed by atoms with van der Waals surface area (Å²) in [4.78, 5) is 45.6. The van der Waals surface area contributed by atoms with Crippen LogP contribution in [0.2, 0.25) is 5.02 Å². The van der Waals surface area contributed by atoms with Crippen LogP contribution in [0.4, 0.5) is 15.6 Å². The van der Waals surface area contributed by atoms with Gasteiger partial charge in [-0.3, -0.25) is 14.9 Å². The molecule has 1 aromatic heterocycles. The Morgan fingerprint density at radius 3 is 2.79 bits per heavy atom. The summed E-state index contributed by atoms with van der Waals surface area (Å²) in [5.41, 5.74) is 1.63. The molecule has 1 unspecified atom stereocenters. The van der Waals surface area contributed by atoms with Crippen molar-refractivity contribution in [3.8, 4) is 0 Å². The summed E-state index contributed by atoms with van der Waals surface area (Å²) in [5, 5.41) is 3.62. The summed E-state index contributed by atoms with van der Waals surface area (Å²) < 4.78 is 4.58. The van der Waals surface area contributed by atoms with Gasteiger partial charge in [0, 0.05) is 41.5 Å². The van der Waals surface area contributed by atoms with Crippen LogP contribution in [-0.2, 0) is 27.3 Å². The maximum Gasteiger partial charge on any atom is 0.413 e. The van der Waals surface area contributed by atoms with Crippen molar-refractivity contribution in [2.75, 3.05) is 30.4 Å². The Morgan fingerprint density at radius 2 is 2.07 bits per heavy atom. The second-order valence-electron chi connectivity index (χ2n) is 6.90. The molecule has 10 heteroatoms. The van der Waals surface area contributed by atoms with Gasteiger partial charge < -0.3 is 14.5 Å². The second kappa shape index (κ2) is 8.00. The van der Waals surface area contributed by atoms with Crippen LogP contribution in [-0.4, -0.2) is 48.0 Å². The Bertz CT molecular complexity index is 962. The van der Waals surface area contributed by atoms with Crippen molar-refractivity contribution in [2.45, 2.75) is 19.4 Å². The fourth-order valence-corrected chi connectivity index (χ4v) is 4.71. The molecular formula is C19H19ClN4O4S. The van der Waals surface area contributed by atoms with Gasteiger partial charge >= 0.3 is 6.09 Å². The number of rotatable bonds is 3. The maximum atomic E-state index is 13.0. The summed E-state index contributed by atoms with van der Waals surface area (Å²) in [6.07, 6.45) is 0.237. The van der Waals surface area contributed by atoms with Gasteiger partial charge in [-0.2, -0.15) is 0 Å². The molecule has 4 rings (SSSR count). The van der Waals surface area contributed by atoms with Crippen LogP contribution in [0.25, 0.3) is 0 Å². The number of amides is 3. The smallest absolute Gasteiger partial charge is 0.413 e. The second-order valence-corrected chi connectivity index (χ2v) is 8.42. The Balaban J connectivity index is 1.42. The van der Waals surface area contributed by atoms with E-state index in [1.807, 2.05) is 0 Å². The van der Waals surface area contributed by atoms with Gasteiger partial charge in [0.25, 0.3) is 0 Å². The zero-order chi connectivity index (χ0) is 20.5. The molecule has 0 spiro atoms. The largest absolute Gasteiger partial charge is 0.453 e. The number of fused-ring (bicyclic) bond motifs is 1. The minimum Gasteiger partial charge on any atom is -0.453 e. The van der Waals surface area contributed by atoms with Crippen molar-refractivity contribution in [1.82, 2.24) is 9.88 Å². The number of nitrogens with zero attached hydrogens (tertiary/aromatic N) is 3. The Hall–Kier alpha value is -2.65. The summed E-state index contributed by atoms with van der Waals surface area (Å²) in [6.45, 7) is 1.33. The maximum absolute atomic E-state index is 13.0. The van der Waals surface area contributed by atoms with E-state index in [9.17, 15) is 14.4 Å². The van der Waals surface area contributed by atoms with Gasteiger partial charge in [-0.25, -0.2) is 9.78 Å². The minimum absolute atomic E-state index is 0.0312. The molecule has 1 saturated heterocycles. The molecule has 29 heavy (non-hydrogen) atoms. The predicted molar refractivity (Wildman–Crippen MR) is 109 cm³/mol. The van der Waals surface area contributed by atoms with Gasteiger partial charge in [-0.15, -0.1) is 0 Å². The molecule has 0 radical (unpaired) electrons. The molecule has 1 N–H and O–H groups in total. The van der Waals surface area contributed by atoms with Crippen molar-refractivity contribution < 1.29 is 19.1 Å². The van der Waals surface area contributed by atoms with E-state index >= 15 is 0 Å². The average molecular weight is 435 g/mol. The molecule has 3 heterocycles. The van der Waals surface area contributed by atoms with Crippen LogP contribution in [0.5, 0.6) is 0 Å². The molecule has 0 aliphatic carbocycles. The van der Waals surface area contributed by atoms with E-state index in [0.717, 1.165) is 16.3 Å². The highest BCUT2D eigenvalue weighted by Crippen LogP contribution is 2.31. The summed E-state index contributed by atoms with van der Waals surface area (Å²) in [7, 11) is 1.29. The van der Waals surface area contributed by atoms with E-state index in [1.54, 1.807) is 34.1 Å². The number of carbonyl (C=O) groups excluding carboxylic acids is 3. The lowest BCUT2D eigenvalue weighted by atomic mass is 10.1. The number of nitrogens with one attached hydrogen (secondary N) is 1. The third-order valence-corrected chi connectivity index (χ3v) is 6.30. The molecule has 3 amide bonds. The van der Waals surface area contributed by atoms with Gasteiger partial charge in [0.15, 0.2) is 5.13 Å². The number of hydrogen-bond acceptors (Lipinski definition) is 6. The number of benzene rings is 1. The van der Waals surface area contributed by atoms with Crippen molar-refractivity contribution in [3.63, 3.8) is 0 Å². The van der Waals surface area contributed by atoms with Gasteiger partial charge in [0.2, 0.25) is 11.8 Å². The van der Waals surface area contributed by atoms with Crippen LogP contribution in [0.3, 0.4) is 0 Å². The number of carbonyl (C=O) groups is 3. The zero-order valence-electron chi connectivity index (χ0n) is 15.7. The molecular weight excluding hydrogens is 416 g/mol. The molecule has 0 bridgehead atoms. The van der Waals surface area contributed by atoms with E-state index < -0.39 is 6.09 Å². The van der Waals surface area contributed by atoms with Gasteiger partial charge in [-0.1, -0.05) is 22.9 Å². The Morgan fingerprint density at radius 1 is 1.31 bits per heavy atom. The summed E-state index contributed by atoms with van der Waals surface area (Å²) in [6, 6.07) is 7.03. The molecule has 2 aliphatic rings. The average Bonchev–Trinajstić information content (AvgIpc) is 3.30. The van der Waals surface area contributed by atoms with Crippen LogP contribution < -0.4 is 10.2 Å². The van der Waals surface area contributed by atoms with Gasteiger partial charge in [-0.05, 0) is 24.3 Å². The molecule has 1 aromatic carbocycles. The first kappa shape index (κ1) is 19.7. The highest BCUT2D eigenvalue weighted by atomic mass is 35.5. The molecule has 1 fully saturated rings. The summed E-state index contributed by atoms with van der Waals surface area (Å²) >= 11 is 7.25.